The van der Waals surface area contributed by atoms with Crippen LogP contribution >= 0.6 is 12.2 Å². The van der Waals surface area contributed by atoms with E-state index in [1.807, 2.05) is 25.1 Å². The predicted molar refractivity (Wildman–Crippen MR) is 85.6 cm³/mol. The molecular weight excluding hydrogens is 290 g/mol. The van der Waals surface area contributed by atoms with E-state index in [1.165, 1.54) is 17.7 Å². The van der Waals surface area contributed by atoms with Crippen molar-refractivity contribution >= 4 is 22.9 Å². The van der Waals surface area contributed by atoms with Crippen molar-refractivity contribution in [1.29, 1.82) is 0 Å². The van der Waals surface area contributed by atoms with Crippen LogP contribution < -0.4 is 11.1 Å². The van der Waals surface area contributed by atoms with Crippen LogP contribution in [-0.2, 0) is 6.42 Å². The number of thiocarbonyl (C=S) groups is 1. The van der Waals surface area contributed by atoms with E-state index in [1.54, 1.807) is 0 Å². The third-order valence-electron chi connectivity index (χ3n) is 3.16. The number of halogens is 2. The van der Waals surface area contributed by atoms with Crippen molar-refractivity contribution < 1.29 is 8.78 Å². The molecular formula is C16H16F2N2S. The molecule has 110 valence electrons. The number of anilines is 1. The van der Waals surface area contributed by atoms with Gasteiger partial charge in [0.25, 0.3) is 0 Å². The second kappa shape index (κ2) is 6.63. The zero-order valence-corrected chi connectivity index (χ0v) is 12.4. The highest BCUT2D eigenvalue weighted by Gasteiger charge is 2.14. The van der Waals surface area contributed by atoms with Gasteiger partial charge in [0.2, 0.25) is 0 Å². The van der Waals surface area contributed by atoms with E-state index in [2.05, 4.69) is 23.6 Å². The van der Waals surface area contributed by atoms with Crippen molar-refractivity contribution in [2.75, 3.05) is 11.9 Å². The van der Waals surface area contributed by atoms with Crippen LogP contribution in [0.1, 0.15) is 16.7 Å². The van der Waals surface area contributed by atoms with Crippen molar-refractivity contribution in [3.8, 4) is 0 Å². The van der Waals surface area contributed by atoms with E-state index in [0.717, 1.165) is 12.0 Å². The predicted octanol–water partition coefficient (Wildman–Crippen LogP) is 3.56. The Morgan fingerprint density at radius 3 is 2.62 bits per heavy atom. The molecule has 5 heteroatoms. The number of nitrogens with two attached hydrogens (primary N) is 1. The van der Waals surface area contributed by atoms with Crippen molar-refractivity contribution in [3.05, 3.63) is 64.7 Å². The molecule has 0 amide bonds. The number of aryl methyl sites for hydroxylation is 1. The van der Waals surface area contributed by atoms with Gasteiger partial charge in [-0.05, 0) is 31.0 Å². The molecule has 2 rings (SSSR count). The number of benzene rings is 2. The molecule has 21 heavy (non-hydrogen) atoms. The van der Waals surface area contributed by atoms with E-state index in [4.69, 9.17) is 5.73 Å². The summed E-state index contributed by atoms with van der Waals surface area (Å²) < 4.78 is 27.6. The maximum atomic E-state index is 13.9. The number of nitrogens with one attached hydrogen (secondary N) is 1. The topological polar surface area (TPSA) is 38.0 Å². The molecule has 0 heterocycles. The summed E-state index contributed by atoms with van der Waals surface area (Å²) in [6.07, 6.45) is 0.722. The summed E-state index contributed by atoms with van der Waals surface area (Å²) >= 11 is 4.67. The molecule has 0 aromatic heterocycles. The summed E-state index contributed by atoms with van der Waals surface area (Å²) in [6.45, 7) is 2.52. The fraction of sp³-hybridized carbons (Fsp3) is 0.188. The fourth-order valence-electron chi connectivity index (χ4n) is 2.09. The van der Waals surface area contributed by atoms with E-state index < -0.39 is 11.6 Å². The Morgan fingerprint density at radius 2 is 1.95 bits per heavy atom. The van der Waals surface area contributed by atoms with Crippen molar-refractivity contribution in [1.82, 2.24) is 0 Å². The molecule has 0 fully saturated rings. The van der Waals surface area contributed by atoms with Crippen LogP contribution in [-0.4, -0.2) is 11.5 Å². The summed E-state index contributed by atoms with van der Waals surface area (Å²) in [6, 6.07) is 10.9. The van der Waals surface area contributed by atoms with Gasteiger partial charge < -0.3 is 11.1 Å². The molecule has 0 saturated heterocycles. The van der Waals surface area contributed by atoms with E-state index in [-0.39, 0.29) is 16.2 Å². The first-order valence-corrected chi connectivity index (χ1v) is 6.97. The minimum Gasteiger partial charge on any atom is -0.389 e. The normalized spacial score (nSPS) is 10.4. The highest BCUT2D eigenvalue weighted by atomic mass is 32.1. The quantitative estimate of drug-likeness (QED) is 0.830. The zero-order chi connectivity index (χ0) is 15.4. The van der Waals surface area contributed by atoms with Crippen LogP contribution in [0.4, 0.5) is 14.5 Å². The summed E-state index contributed by atoms with van der Waals surface area (Å²) in [5, 5.41) is 2.89. The lowest BCUT2D eigenvalue weighted by atomic mass is 10.1. The summed E-state index contributed by atoms with van der Waals surface area (Å²) in [4.78, 5) is -0.155. The van der Waals surface area contributed by atoms with Gasteiger partial charge in [-0.1, -0.05) is 42.0 Å². The second-order valence-corrected chi connectivity index (χ2v) is 5.26. The molecule has 0 aliphatic carbocycles. The summed E-state index contributed by atoms with van der Waals surface area (Å²) in [7, 11) is 0. The molecule has 0 saturated carbocycles. The van der Waals surface area contributed by atoms with Gasteiger partial charge in [-0.25, -0.2) is 8.78 Å². The molecule has 0 aliphatic heterocycles. The van der Waals surface area contributed by atoms with Crippen LogP contribution in [0.25, 0.3) is 0 Å². The van der Waals surface area contributed by atoms with Gasteiger partial charge in [0.05, 0.1) is 5.69 Å². The summed E-state index contributed by atoms with van der Waals surface area (Å²) in [5.74, 6) is -1.97. The molecule has 2 aromatic carbocycles. The molecule has 3 N–H and O–H groups in total. The standard InChI is InChI=1S/C16H16F2N2S/c1-10-3-2-4-11(9-10)7-8-20-13-6-5-12(16(19)21)14(17)15(13)18/h2-6,9,20H,7-8H2,1H3,(H2,19,21). The Morgan fingerprint density at radius 1 is 1.19 bits per heavy atom. The summed E-state index contributed by atoms with van der Waals surface area (Å²) in [5.41, 5.74) is 7.68. The molecule has 0 aliphatic rings. The second-order valence-electron chi connectivity index (χ2n) is 4.82. The van der Waals surface area contributed by atoms with E-state index in [0.29, 0.717) is 6.54 Å². The molecule has 0 radical (unpaired) electrons. The average molecular weight is 306 g/mol. The lowest BCUT2D eigenvalue weighted by Crippen LogP contribution is -2.14. The monoisotopic (exact) mass is 306 g/mol. The van der Waals surface area contributed by atoms with Gasteiger partial charge >= 0.3 is 0 Å². The Kier molecular flexibility index (Phi) is 4.85. The first-order chi connectivity index (χ1) is 9.99. The molecule has 0 atom stereocenters. The Bertz CT molecular complexity index is 671. The SMILES string of the molecule is Cc1cccc(CCNc2ccc(C(N)=S)c(F)c2F)c1. The van der Waals surface area contributed by atoms with Gasteiger partial charge in [-0.2, -0.15) is 0 Å². The molecule has 0 bridgehead atoms. The zero-order valence-electron chi connectivity index (χ0n) is 11.6. The lowest BCUT2D eigenvalue weighted by molar-refractivity contribution is 0.509. The largest absolute Gasteiger partial charge is 0.389 e. The molecule has 0 unspecified atom stereocenters. The van der Waals surface area contributed by atoms with Gasteiger partial charge in [0.15, 0.2) is 11.6 Å². The number of hydrogen-bond acceptors (Lipinski definition) is 2. The Labute approximate surface area is 128 Å². The minimum absolute atomic E-state index is 0.0771. The van der Waals surface area contributed by atoms with Crippen molar-refractivity contribution in [2.24, 2.45) is 5.73 Å². The highest BCUT2D eigenvalue weighted by Crippen LogP contribution is 2.20. The third kappa shape index (κ3) is 3.76. The van der Waals surface area contributed by atoms with E-state index in [9.17, 15) is 8.78 Å². The molecule has 2 aromatic rings. The van der Waals surface area contributed by atoms with Crippen molar-refractivity contribution in [2.45, 2.75) is 13.3 Å². The lowest BCUT2D eigenvalue weighted by Gasteiger charge is -2.10. The fourth-order valence-corrected chi connectivity index (χ4v) is 2.24. The van der Waals surface area contributed by atoms with Crippen LogP contribution in [0.3, 0.4) is 0 Å². The first kappa shape index (κ1) is 15.4. The molecule has 0 spiro atoms. The van der Waals surface area contributed by atoms with Gasteiger partial charge in [0.1, 0.15) is 4.99 Å². The van der Waals surface area contributed by atoms with E-state index >= 15 is 0 Å². The van der Waals surface area contributed by atoms with Gasteiger partial charge in [0, 0.05) is 12.1 Å². The van der Waals surface area contributed by atoms with Gasteiger partial charge in [-0.15, -0.1) is 0 Å². The maximum Gasteiger partial charge on any atom is 0.182 e. The third-order valence-corrected chi connectivity index (χ3v) is 3.38. The Hall–Kier alpha value is -2.01. The smallest absolute Gasteiger partial charge is 0.182 e. The average Bonchev–Trinajstić information content (AvgIpc) is 2.43. The van der Waals surface area contributed by atoms with Crippen LogP contribution in [0.2, 0.25) is 0 Å². The van der Waals surface area contributed by atoms with Gasteiger partial charge in [-0.3, -0.25) is 0 Å². The molecule has 2 nitrogen and oxygen atoms in total. The highest BCUT2D eigenvalue weighted by molar-refractivity contribution is 7.80. The Balaban J connectivity index is 2.04. The van der Waals surface area contributed by atoms with Crippen LogP contribution in [0.5, 0.6) is 0 Å². The minimum atomic E-state index is -1.01. The maximum absolute atomic E-state index is 13.9. The number of hydrogen-bond donors (Lipinski definition) is 2. The van der Waals surface area contributed by atoms with Crippen molar-refractivity contribution in [3.63, 3.8) is 0 Å². The van der Waals surface area contributed by atoms with Crippen LogP contribution in [0.15, 0.2) is 36.4 Å². The number of rotatable bonds is 5. The van der Waals surface area contributed by atoms with Crippen LogP contribution in [0, 0.1) is 18.6 Å². The first-order valence-electron chi connectivity index (χ1n) is 6.56.